The van der Waals surface area contributed by atoms with Crippen LogP contribution in [0.15, 0.2) is 10.2 Å². The van der Waals surface area contributed by atoms with Crippen molar-refractivity contribution in [1.29, 1.82) is 5.26 Å². The Labute approximate surface area is 91.4 Å². The van der Waals surface area contributed by atoms with Crippen LogP contribution in [0.1, 0.15) is 26.7 Å². The van der Waals surface area contributed by atoms with E-state index in [1.165, 1.54) is 0 Å². The Morgan fingerprint density at radius 2 is 2.40 bits per heavy atom. The predicted molar refractivity (Wildman–Crippen MR) is 58.0 cm³/mol. The summed E-state index contributed by atoms with van der Waals surface area (Å²) in [6.07, 6.45) is 1.86. The molecule has 0 radical (unpaired) electrons. The van der Waals surface area contributed by atoms with Gasteiger partial charge in [0.15, 0.2) is 0 Å². The van der Waals surface area contributed by atoms with Crippen molar-refractivity contribution in [2.45, 2.75) is 39.0 Å². The zero-order valence-corrected chi connectivity index (χ0v) is 9.72. The fourth-order valence-electron chi connectivity index (χ4n) is 1.80. The second kappa shape index (κ2) is 5.79. The predicted octanol–water partition coefficient (Wildman–Crippen LogP) is 1.64. The fourth-order valence-corrected chi connectivity index (χ4v) is 1.80. The molecule has 1 heterocycles. The molecule has 1 aliphatic heterocycles. The van der Waals surface area contributed by atoms with Gasteiger partial charge in [0.05, 0.1) is 12.2 Å². The second-order valence-electron chi connectivity index (χ2n) is 3.80. The van der Waals surface area contributed by atoms with Gasteiger partial charge < -0.3 is 0 Å². The van der Waals surface area contributed by atoms with Crippen molar-refractivity contribution in [2.24, 2.45) is 10.2 Å². The van der Waals surface area contributed by atoms with E-state index >= 15 is 0 Å². The minimum absolute atomic E-state index is 0.141. The lowest BCUT2D eigenvalue weighted by Gasteiger charge is -2.35. The van der Waals surface area contributed by atoms with E-state index in [2.05, 4.69) is 40.1 Å². The summed E-state index contributed by atoms with van der Waals surface area (Å²) in [5.41, 5.74) is 0. The molecule has 1 aliphatic rings. The molecule has 15 heavy (non-hydrogen) atoms. The zero-order valence-electron chi connectivity index (χ0n) is 9.72. The molecule has 0 bridgehead atoms. The largest absolute Gasteiger partial charge is 0.291 e. The van der Waals surface area contributed by atoms with Crippen molar-refractivity contribution < 1.29 is 0 Å². The third-order valence-electron chi connectivity index (χ3n) is 2.86. The molecule has 84 valence electrons. The van der Waals surface area contributed by atoms with Gasteiger partial charge in [-0.15, -0.1) is 0 Å². The molecule has 0 saturated carbocycles. The first kappa shape index (κ1) is 12.1. The molecule has 5 nitrogen and oxygen atoms in total. The van der Waals surface area contributed by atoms with Crippen LogP contribution < -0.4 is 0 Å². The minimum Gasteiger partial charge on any atom is -0.291 e. The molecule has 2 unspecified atom stereocenters. The van der Waals surface area contributed by atoms with Crippen LogP contribution in [0.3, 0.4) is 0 Å². The maximum Gasteiger partial charge on any atom is 0.123 e. The van der Waals surface area contributed by atoms with Crippen molar-refractivity contribution in [3.8, 4) is 6.07 Å². The Hall–Kier alpha value is -0.990. The van der Waals surface area contributed by atoms with Gasteiger partial charge in [0.2, 0.25) is 0 Å². The normalized spacial score (nSPS) is 23.3. The van der Waals surface area contributed by atoms with Crippen molar-refractivity contribution in [2.75, 3.05) is 20.3 Å². The third-order valence-corrected chi connectivity index (χ3v) is 2.86. The van der Waals surface area contributed by atoms with E-state index in [0.29, 0.717) is 13.1 Å². The lowest BCUT2D eigenvalue weighted by Crippen LogP contribution is -2.48. The number of azo groups is 1. The van der Waals surface area contributed by atoms with Gasteiger partial charge in [-0.3, -0.25) is 4.90 Å². The zero-order chi connectivity index (χ0) is 11.3. The van der Waals surface area contributed by atoms with Crippen molar-refractivity contribution in [1.82, 2.24) is 9.80 Å². The second-order valence-corrected chi connectivity index (χ2v) is 3.80. The van der Waals surface area contributed by atoms with Crippen LogP contribution in [-0.4, -0.2) is 42.4 Å². The molecule has 0 aliphatic carbocycles. The van der Waals surface area contributed by atoms with Crippen LogP contribution in [0.2, 0.25) is 0 Å². The molecule has 0 amide bonds. The molecule has 0 aromatic heterocycles. The van der Waals surface area contributed by atoms with E-state index in [1.54, 1.807) is 0 Å². The molecule has 2 atom stereocenters. The minimum atomic E-state index is 0.141. The first-order valence-corrected chi connectivity index (χ1v) is 5.40. The third kappa shape index (κ3) is 2.98. The standard InChI is InChI=1S/C10H19N5/c1-4-14(3)10(6-5-7-11)15-8-12-13-9(15)2/h9-10H,4-6,8H2,1-3H3. The van der Waals surface area contributed by atoms with Crippen LogP contribution in [0.5, 0.6) is 0 Å². The Kier molecular flexibility index (Phi) is 4.66. The van der Waals surface area contributed by atoms with E-state index in [0.717, 1.165) is 13.0 Å². The van der Waals surface area contributed by atoms with Gasteiger partial charge >= 0.3 is 0 Å². The highest BCUT2D eigenvalue weighted by Gasteiger charge is 2.28. The number of nitrogens with zero attached hydrogens (tertiary/aromatic N) is 5. The van der Waals surface area contributed by atoms with Crippen molar-refractivity contribution in [3.63, 3.8) is 0 Å². The van der Waals surface area contributed by atoms with Crippen LogP contribution in [0, 0.1) is 11.3 Å². The van der Waals surface area contributed by atoms with Gasteiger partial charge in [-0.05, 0) is 26.9 Å². The summed E-state index contributed by atoms with van der Waals surface area (Å²) in [5.74, 6) is 0. The molecule has 0 spiro atoms. The summed E-state index contributed by atoms with van der Waals surface area (Å²) in [7, 11) is 2.08. The first-order valence-electron chi connectivity index (χ1n) is 5.40. The lowest BCUT2D eigenvalue weighted by atomic mass is 10.2. The Morgan fingerprint density at radius 3 is 2.87 bits per heavy atom. The lowest BCUT2D eigenvalue weighted by molar-refractivity contribution is 0.0496. The molecule has 0 aromatic carbocycles. The van der Waals surface area contributed by atoms with Crippen LogP contribution in [0.4, 0.5) is 0 Å². The van der Waals surface area contributed by atoms with E-state index in [-0.39, 0.29) is 12.3 Å². The number of hydrogen-bond donors (Lipinski definition) is 0. The summed E-state index contributed by atoms with van der Waals surface area (Å²) in [4.78, 5) is 4.46. The maximum atomic E-state index is 8.64. The molecule has 0 fully saturated rings. The van der Waals surface area contributed by atoms with Gasteiger partial charge in [-0.2, -0.15) is 15.5 Å². The van der Waals surface area contributed by atoms with E-state index in [4.69, 9.17) is 5.26 Å². The maximum absolute atomic E-state index is 8.64. The number of hydrogen-bond acceptors (Lipinski definition) is 5. The van der Waals surface area contributed by atoms with Gasteiger partial charge in [0.25, 0.3) is 0 Å². The molecular formula is C10H19N5. The van der Waals surface area contributed by atoms with Crippen molar-refractivity contribution >= 4 is 0 Å². The summed E-state index contributed by atoms with van der Waals surface area (Å²) < 4.78 is 0. The van der Waals surface area contributed by atoms with E-state index in [1.807, 2.05) is 6.92 Å². The number of rotatable bonds is 5. The van der Waals surface area contributed by atoms with Crippen LogP contribution in [-0.2, 0) is 0 Å². The highest BCUT2D eigenvalue weighted by Crippen LogP contribution is 2.19. The molecule has 0 saturated heterocycles. The Morgan fingerprint density at radius 1 is 1.67 bits per heavy atom. The summed E-state index contributed by atoms with van der Waals surface area (Å²) in [6, 6.07) is 2.20. The summed E-state index contributed by atoms with van der Waals surface area (Å²) >= 11 is 0. The molecular weight excluding hydrogens is 190 g/mol. The number of nitriles is 1. The van der Waals surface area contributed by atoms with Crippen LogP contribution >= 0.6 is 0 Å². The Balaban J connectivity index is 2.59. The molecule has 0 N–H and O–H groups in total. The van der Waals surface area contributed by atoms with Gasteiger partial charge in [-0.1, -0.05) is 6.92 Å². The Bertz CT molecular complexity index is 257. The van der Waals surface area contributed by atoms with Gasteiger partial charge in [-0.25, -0.2) is 4.90 Å². The molecule has 0 aromatic rings. The van der Waals surface area contributed by atoms with Crippen molar-refractivity contribution in [3.05, 3.63) is 0 Å². The van der Waals surface area contributed by atoms with E-state index in [9.17, 15) is 0 Å². The highest BCUT2D eigenvalue weighted by molar-refractivity contribution is 4.80. The summed E-state index contributed by atoms with van der Waals surface area (Å²) in [6.45, 7) is 5.79. The monoisotopic (exact) mass is 209 g/mol. The summed E-state index contributed by atoms with van der Waals surface area (Å²) in [5, 5.41) is 16.8. The molecule has 1 rings (SSSR count). The topological polar surface area (TPSA) is 55.0 Å². The average molecular weight is 209 g/mol. The molecule has 5 heteroatoms. The van der Waals surface area contributed by atoms with Crippen LogP contribution in [0.25, 0.3) is 0 Å². The van der Waals surface area contributed by atoms with Gasteiger partial charge in [0, 0.05) is 6.42 Å². The first-order chi connectivity index (χ1) is 7.20. The van der Waals surface area contributed by atoms with E-state index < -0.39 is 0 Å². The SMILES string of the molecule is CCN(C)C(CCC#N)N1CN=NC1C. The van der Waals surface area contributed by atoms with Gasteiger partial charge in [0.1, 0.15) is 12.8 Å². The smallest absolute Gasteiger partial charge is 0.123 e. The fraction of sp³-hybridized carbons (Fsp3) is 0.900. The quantitative estimate of drug-likeness (QED) is 0.691. The highest BCUT2D eigenvalue weighted by atomic mass is 15.5. The average Bonchev–Trinajstić information content (AvgIpc) is 2.65.